The van der Waals surface area contributed by atoms with Gasteiger partial charge in [-0.05, 0) is 36.8 Å². The SMILES string of the molecule is CC1CCN(S(=O)(=O)Cc2ccccc2CN)C(C)C1. The van der Waals surface area contributed by atoms with Crippen LogP contribution in [0.5, 0.6) is 0 Å². The fourth-order valence-electron chi connectivity index (χ4n) is 2.98. The summed E-state index contributed by atoms with van der Waals surface area (Å²) in [4.78, 5) is 0. The molecule has 0 bridgehead atoms. The third-order valence-corrected chi connectivity index (χ3v) is 6.04. The Hall–Kier alpha value is -0.910. The summed E-state index contributed by atoms with van der Waals surface area (Å²) in [5.41, 5.74) is 7.42. The monoisotopic (exact) mass is 296 g/mol. The van der Waals surface area contributed by atoms with Crippen molar-refractivity contribution >= 4 is 10.0 Å². The number of benzene rings is 1. The van der Waals surface area contributed by atoms with Crippen LogP contribution in [0.2, 0.25) is 0 Å². The van der Waals surface area contributed by atoms with Crippen molar-refractivity contribution in [2.75, 3.05) is 6.54 Å². The molecule has 1 aliphatic heterocycles. The van der Waals surface area contributed by atoms with Gasteiger partial charge in [0.1, 0.15) is 0 Å². The Morgan fingerprint density at radius 3 is 2.50 bits per heavy atom. The lowest BCUT2D eigenvalue weighted by molar-refractivity contribution is 0.220. The molecule has 2 rings (SSSR count). The van der Waals surface area contributed by atoms with E-state index >= 15 is 0 Å². The number of sulfonamides is 1. The largest absolute Gasteiger partial charge is 0.326 e. The van der Waals surface area contributed by atoms with E-state index in [0.717, 1.165) is 24.0 Å². The molecule has 1 fully saturated rings. The van der Waals surface area contributed by atoms with E-state index in [0.29, 0.717) is 19.0 Å². The molecule has 1 aromatic carbocycles. The Morgan fingerprint density at radius 2 is 1.90 bits per heavy atom. The quantitative estimate of drug-likeness (QED) is 0.925. The van der Waals surface area contributed by atoms with Crippen molar-refractivity contribution in [1.29, 1.82) is 0 Å². The zero-order valence-corrected chi connectivity index (χ0v) is 13.1. The molecule has 0 saturated carbocycles. The van der Waals surface area contributed by atoms with Gasteiger partial charge < -0.3 is 5.73 Å². The maximum atomic E-state index is 12.6. The molecule has 1 aliphatic rings. The Bertz CT molecular complexity index is 557. The minimum atomic E-state index is -3.26. The van der Waals surface area contributed by atoms with Crippen molar-refractivity contribution in [3.8, 4) is 0 Å². The molecule has 2 unspecified atom stereocenters. The van der Waals surface area contributed by atoms with Crippen molar-refractivity contribution in [1.82, 2.24) is 4.31 Å². The summed E-state index contributed by atoms with van der Waals surface area (Å²) in [6.45, 7) is 5.19. The average molecular weight is 296 g/mol. The number of rotatable bonds is 4. The smallest absolute Gasteiger partial charge is 0.218 e. The van der Waals surface area contributed by atoms with Crippen molar-refractivity contribution < 1.29 is 8.42 Å². The number of nitrogens with two attached hydrogens (primary N) is 1. The first-order chi connectivity index (χ1) is 9.44. The summed E-state index contributed by atoms with van der Waals surface area (Å²) in [5, 5.41) is 0. The van der Waals surface area contributed by atoms with Crippen LogP contribution in [0.3, 0.4) is 0 Å². The lowest BCUT2D eigenvalue weighted by atomic mass is 9.95. The highest BCUT2D eigenvalue weighted by atomic mass is 32.2. The second-order valence-corrected chi connectivity index (χ2v) is 7.74. The first kappa shape index (κ1) is 15.5. The van der Waals surface area contributed by atoms with Crippen LogP contribution >= 0.6 is 0 Å². The summed E-state index contributed by atoms with van der Waals surface area (Å²) in [5.74, 6) is 0.659. The highest BCUT2D eigenvalue weighted by Gasteiger charge is 2.32. The molecule has 0 amide bonds. The summed E-state index contributed by atoms with van der Waals surface area (Å²) >= 11 is 0. The molecular formula is C15H24N2O2S. The van der Waals surface area contributed by atoms with Crippen LogP contribution in [-0.2, 0) is 22.3 Å². The predicted molar refractivity (Wildman–Crippen MR) is 81.5 cm³/mol. The Balaban J connectivity index is 2.19. The van der Waals surface area contributed by atoms with Gasteiger partial charge in [0.05, 0.1) is 5.75 Å². The van der Waals surface area contributed by atoms with E-state index in [-0.39, 0.29) is 11.8 Å². The summed E-state index contributed by atoms with van der Waals surface area (Å²) in [7, 11) is -3.26. The van der Waals surface area contributed by atoms with E-state index in [2.05, 4.69) is 6.92 Å². The predicted octanol–water partition coefficient (Wildman–Crippen LogP) is 2.10. The molecule has 0 aliphatic carbocycles. The van der Waals surface area contributed by atoms with Gasteiger partial charge in [0.25, 0.3) is 0 Å². The fraction of sp³-hybridized carbons (Fsp3) is 0.600. The summed E-state index contributed by atoms with van der Waals surface area (Å²) in [6.07, 6.45) is 1.89. The van der Waals surface area contributed by atoms with Crippen LogP contribution in [0, 0.1) is 5.92 Å². The van der Waals surface area contributed by atoms with Crippen LogP contribution < -0.4 is 5.73 Å². The maximum Gasteiger partial charge on any atom is 0.218 e. The van der Waals surface area contributed by atoms with Crippen molar-refractivity contribution in [2.45, 2.75) is 45.0 Å². The number of piperidine rings is 1. The van der Waals surface area contributed by atoms with Crippen molar-refractivity contribution in [2.24, 2.45) is 11.7 Å². The molecule has 112 valence electrons. The summed E-state index contributed by atoms with van der Waals surface area (Å²) in [6, 6.07) is 7.60. The van der Waals surface area contributed by atoms with E-state index in [4.69, 9.17) is 5.73 Å². The van der Waals surface area contributed by atoms with Crippen LogP contribution in [-0.4, -0.2) is 25.3 Å². The molecule has 1 aromatic rings. The van der Waals surface area contributed by atoms with Crippen LogP contribution in [0.4, 0.5) is 0 Å². The third kappa shape index (κ3) is 3.40. The van der Waals surface area contributed by atoms with Crippen LogP contribution in [0.25, 0.3) is 0 Å². The molecule has 20 heavy (non-hydrogen) atoms. The van der Waals surface area contributed by atoms with Gasteiger partial charge in [-0.2, -0.15) is 4.31 Å². The molecule has 5 heteroatoms. The highest BCUT2D eigenvalue weighted by Crippen LogP contribution is 2.26. The van der Waals surface area contributed by atoms with Gasteiger partial charge in [-0.3, -0.25) is 0 Å². The third-order valence-electron chi connectivity index (χ3n) is 4.11. The number of nitrogens with zero attached hydrogens (tertiary/aromatic N) is 1. The lowest BCUT2D eigenvalue weighted by Crippen LogP contribution is -2.44. The van der Waals surface area contributed by atoms with Crippen molar-refractivity contribution in [3.05, 3.63) is 35.4 Å². The molecule has 0 spiro atoms. The Kier molecular flexibility index (Phi) is 4.83. The fourth-order valence-corrected chi connectivity index (χ4v) is 4.83. The molecular weight excluding hydrogens is 272 g/mol. The minimum Gasteiger partial charge on any atom is -0.326 e. The molecule has 2 atom stereocenters. The standard InChI is InChI=1S/C15H24N2O2S/c1-12-7-8-17(13(2)9-12)20(18,19)11-15-6-4-3-5-14(15)10-16/h3-6,12-13H,7-11,16H2,1-2H3. The topological polar surface area (TPSA) is 63.4 Å². The van der Waals surface area contributed by atoms with Crippen molar-refractivity contribution in [3.63, 3.8) is 0 Å². The second kappa shape index (κ2) is 6.24. The molecule has 0 radical (unpaired) electrons. The highest BCUT2D eigenvalue weighted by molar-refractivity contribution is 7.88. The van der Waals surface area contributed by atoms with E-state index in [1.807, 2.05) is 31.2 Å². The van der Waals surface area contributed by atoms with Gasteiger partial charge in [0.2, 0.25) is 10.0 Å². The Morgan fingerprint density at radius 1 is 1.25 bits per heavy atom. The number of hydrogen-bond donors (Lipinski definition) is 1. The number of hydrogen-bond acceptors (Lipinski definition) is 3. The van der Waals surface area contributed by atoms with E-state index in [9.17, 15) is 8.42 Å². The first-order valence-corrected chi connectivity index (χ1v) is 8.81. The van der Waals surface area contributed by atoms with E-state index < -0.39 is 10.0 Å². The Labute approximate surface area is 122 Å². The van der Waals surface area contributed by atoms with Crippen LogP contribution in [0.1, 0.15) is 37.8 Å². The van der Waals surface area contributed by atoms with Gasteiger partial charge in [0, 0.05) is 19.1 Å². The zero-order valence-electron chi connectivity index (χ0n) is 12.2. The first-order valence-electron chi connectivity index (χ1n) is 7.20. The van der Waals surface area contributed by atoms with E-state index in [1.54, 1.807) is 4.31 Å². The van der Waals surface area contributed by atoms with Gasteiger partial charge in [-0.15, -0.1) is 0 Å². The van der Waals surface area contributed by atoms with Gasteiger partial charge in [-0.1, -0.05) is 31.2 Å². The van der Waals surface area contributed by atoms with Crippen LogP contribution in [0.15, 0.2) is 24.3 Å². The minimum absolute atomic E-state index is 0.0547. The second-order valence-electron chi connectivity index (χ2n) is 5.82. The normalized spacial score (nSPS) is 24.8. The van der Waals surface area contributed by atoms with E-state index in [1.165, 1.54) is 0 Å². The molecule has 2 N–H and O–H groups in total. The average Bonchev–Trinajstić information content (AvgIpc) is 2.38. The van der Waals surface area contributed by atoms with Gasteiger partial charge in [-0.25, -0.2) is 8.42 Å². The molecule has 4 nitrogen and oxygen atoms in total. The lowest BCUT2D eigenvalue weighted by Gasteiger charge is -2.35. The van der Waals surface area contributed by atoms with Gasteiger partial charge in [0.15, 0.2) is 0 Å². The van der Waals surface area contributed by atoms with Gasteiger partial charge >= 0.3 is 0 Å². The maximum absolute atomic E-state index is 12.6. The molecule has 1 heterocycles. The molecule has 1 saturated heterocycles. The summed E-state index contributed by atoms with van der Waals surface area (Å²) < 4.78 is 26.9. The molecule has 0 aromatic heterocycles. The zero-order chi connectivity index (χ0) is 14.8.